The Morgan fingerprint density at radius 1 is 1.33 bits per heavy atom. The molecule has 3 nitrogen and oxygen atoms in total. The van der Waals surface area contributed by atoms with E-state index in [1.54, 1.807) is 4.90 Å². The number of halogens is 1. The molecule has 1 aliphatic heterocycles. The van der Waals surface area contributed by atoms with Gasteiger partial charge in [-0.05, 0) is 43.0 Å². The average Bonchev–Trinajstić information content (AvgIpc) is 2.41. The third-order valence-corrected chi connectivity index (χ3v) is 3.47. The standard InChI is InChI=1S/C14H18FNO2/c1-2-11-7-9-16(10-8-11)14(17)18-13-5-3-12(15)4-6-13/h3-6,11H,2,7-10H2,1H3. The summed E-state index contributed by atoms with van der Waals surface area (Å²) in [6.45, 7) is 3.67. The zero-order chi connectivity index (χ0) is 13.0. The van der Waals surface area contributed by atoms with Crippen molar-refractivity contribution < 1.29 is 13.9 Å². The molecule has 1 aromatic carbocycles. The number of hydrogen-bond donors (Lipinski definition) is 0. The SMILES string of the molecule is CCC1CCN(C(=O)Oc2ccc(F)cc2)CC1. The highest BCUT2D eigenvalue weighted by atomic mass is 19.1. The predicted molar refractivity (Wildman–Crippen MR) is 67.0 cm³/mol. The molecular weight excluding hydrogens is 233 g/mol. The Kier molecular flexibility index (Phi) is 4.18. The molecule has 1 heterocycles. The van der Waals surface area contributed by atoms with Crippen molar-refractivity contribution in [2.75, 3.05) is 13.1 Å². The van der Waals surface area contributed by atoms with Gasteiger partial charge in [0.1, 0.15) is 11.6 Å². The van der Waals surface area contributed by atoms with Crippen molar-refractivity contribution in [1.29, 1.82) is 0 Å². The summed E-state index contributed by atoms with van der Waals surface area (Å²) < 4.78 is 17.9. The van der Waals surface area contributed by atoms with E-state index in [0.717, 1.165) is 31.8 Å². The molecular formula is C14H18FNO2. The fourth-order valence-electron chi connectivity index (χ4n) is 2.19. The molecule has 1 aliphatic rings. The number of rotatable bonds is 2. The highest BCUT2D eigenvalue weighted by molar-refractivity contribution is 5.70. The zero-order valence-electron chi connectivity index (χ0n) is 10.6. The lowest BCUT2D eigenvalue weighted by Crippen LogP contribution is -2.40. The lowest BCUT2D eigenvalue weighted by molar-refractivity contribution is 0.130. The molecule has 0 radical (unpaired) electrons. The van der Waals surface area contributed by atoms with E-state index in [2.05, 4.69) is 6.92 Å². The van der Waals surface area contributed by atoms with Gasteiger partial charge >= 0.3 is 6.09 Å². The molecule has 0 aromatic heterocycles. The Bertz CT molecular complexity index is 397. The number of benzene rings is 1. The first-order valence-corrected chi connectivity index (χ1v) is 6.41. The van der Waals surface area contributed by atoms with E-state index in [9.17, 15) is 9.18 Å². The third kappa shape index (κ3) is 3.22. The second kappa shape index (κ2) is 5.85. The maximum Gasteiger partial charge on any atom is 0.415 e. The molecule has 1 amide bonds. The summed E-state index contributed by atoms with van der Waals surface area (Å²) >= 11 is 0. The van der Waals surface area contributed by atoms with Crippen LogP contribution < -0.4 is 4.74 Å². The van der Waals surface area contributed by atoms with Crippen LogP contribution in [0.2, 0.25) is 0 Å². The largest absolute Gasteiger partial charge is 0.415 e. The topological polar surface area (TPSA) is 29.5 Å². The summed E-state index contributed by atoms with van der Waals surface area (Å²) in [5.74, 6) is 0.775. The summed E-state index contributed by atoms with van der Waals surface area (Å²) in [7, 11) is 0. The first-order chi connectivity index (χ1) is 8.69. The predicted octanol–water partition coefficient (Wildman–Crippen LogP) is 3.45. The molecule has 0 unspecified atom stereocenters. The molecule has 0 atom stereocenters. The van der Waals surface area contributed by atoms with E-state index >= 15 is 0 Å². The lowest BCUT2D eigenvalue weighted by atomic mass is 9.95. The number of carbonyl (C=O) groups excluding carboxylic acids is 1. The fraction of sp³-hybridized carbons (Fsp3) is 0.500. The van der Waals surface area contributed by atoms with Gasteiger partial charge in [0.25, 0.3) is 0 Å². The Morgan fingerprint density at radius 3 is 2.50 bits per heavy atom. The number of ether oxygens (including phenoxy) is 1. The number of piperidine rings is 1. The molecule has 4 heteroatoms. The van der Waals surface area contributed by atoms with Crippen LogP contribution in [0.15, 0.2) is 24.3 Å². The summed E-state index contributed by atoms with van der Waals surface area (Å²) in [4.78, 5) is 13.6. The molecule has 1 aromatic rings. The minimum absolute atomic E-state index is 0.335. The van der Waals surface area contributed by atoms with Crippen LogP contribution in [0, 0.1) is 11.7 Å². The Morgan fingerprint density at radius 2 is 1.94 bits per heavy atom. The zero-order valence-corrected chi connectivity index (χ0v) is 10.6. The summed E-state index contributed by atoms with van der Waals surface area (Å²) in [6, 6.07) is 5.50. The van der Waals surface area contributed by atoms with Crippen molar-refractivity contribution in [3.8, 4) is 5.75 Å². The van der Waals surface area contributed by atoms with E-state index in [1.807, 2.05) is 0 Å². The Balaban J connectivity index is 1.87. The van der Waals surface area contributed by atoms with Gasteiger partial charge in [0, 0.05) is 13.1 Å². The molecule has 1 fully saturated rings. The van der Waals surface area contributed by atoms with E-state index in [-0.39, 0.29) is 11.9 Å². The van der Waals surface area contributed by atoms with E-state index in [0.29, 0.717) is 5.75 Å². The van der Waals surface area contributed by atoms with Crippen molar-refractivity contribution in [2.45, 2.75) is 26.2 Å². The van der Waals surface area contributed by atoms with E-state index < -0.39 is 0 Å². The number of amides is 1. The molecule has 18 heavy (non-hydrogen) atoms. The highest BCUT2D eigenvalue weighted by Gasteiger charge is 2.22. The highest BCUT2D eigenvalue weighted by Crippen LogP contribution is 2.21. The molecule has 0 saturated carbocycles. The number of carbonyl (C=O) groups is 1. The molecule has 2 rings (SSSR count). The monoisotopic (exact) mass is 251 g/mol. The first-order valence-electron chi connectivity index (χ1n) is 6.41. The number of hydrogen-bond acceptors (Lipinski definition) is 2. The van der Waals surface area contributed by atoms with Gasteiger partial charge in [0.2, 0.25) is 0 Å². The molecule has 98 valence electrons. The van der Waals surface area contributed by atoms with Gasteiger partial charge in [-0.25, -0.2) is 9.18 Å². The van der Waals surface area contributed by atoms with E-state index in [4.69, 9.17) is 4.74 Å². The smallest absolute Gasteiger partial charge is 0.410 e. The summed E-state index contributed by atoms with van der Waals surface area (Å²) in [6.07, 6.45) is 2.90. The van der Waals surface area contributed by atoms with Crippen LogP contribution >= 0.6 is 0 Å². The summed E-state index contributed by atoms with van der Waals surface area (Å²) in [5.41, 5.74) is 0. The molecule has 1 saturated heterocycles. The second-order valence-corrected chi connectivity index (χ2v) is 4.66. The van der Waals surface area contributed by atoms with Gasteiger partial charge in [-0.1, -0.05) is 13.3 Å². The van der Waals surface area contributed by atoms with E-state index in [1.165, 1.54) is 30.7 Å². The van der Waals surface area contributed by atoms with Crippen LogP contribution in [0.1, 0.15) is 26.2 Å². The second-order valence-electron chi connectivity index (χ2n) is 4.66. The van der Waals surface area contributed by atoms with Crippen LogP contribution in [0.25, 0.3) is 0 Å². The molecule has 0 N–H and O–H groups in total. The van der Waals surface area contributed by atoms with Gasteiger partial charge in [0.15, 0.2) is 0 Å². The molecule has 0 bridgehead atoms. The Labute approximate surface area is 107 Å². The van der Waals surface area contributed by atoms with Crippen molar-refractivity contribution in [2.24, 2.45) is 5.92 Å². The minimum Gasteiger partial charge on any atom is -0.410 e. The Hall–Kier alpha value is -1.58. The van der Waals surface area contributed by atoms with Crippen molar-refractivity contribution >= 4 is 6.09 Å². The lowest BCUT2D eigenvalue weighted by Gasteiger charge is -2.30. The van der Waals surface area contributed by atoms with Crippen LogP contribution in [0.3, 0.4) is 0 Å². The quantitative estimate of drug-likeness (QED) is 0.805. The fourth-order valence-corrected chi connectivity index (χ4v) is 2.19. The maximum atomic E-state index is 12.7. The third-order valence-electron chi connectivity index (χ3n) is 3.47. The van der Waals surface area contributed by atoms with Gasteiger partial charge in [-0.2, -0.15) is 0 Å². The molecule has 0 spiro atoms. The van der Waals surface area contributed by atoms with Crippen molar-refractivity contribution in [3.63, 3.8) is 0 Å². The number of likely N-dealkylation sites (tertiary alicyclic amines) is 1. The van der Waals surface area contributed by atoms with Gasteiger partial charge in [-0.3, -0.25) is 0 Å². The van der Waals surface area contributed by atoms with Crippen LogP contribution in [-0.4, -0.2) is 24.1 Å². The van der Waals surface area contributed by atoms with Gasteiger partial charge in [-0.15, -0.1) is 0 Å². The average molecular weight is 251 g/mol. The first kappa shape index (κ1) is 12.9. The normalized spacial score (nSPS) is 16.7. The molecule has 0 aliphatic carbocycles. The van der Waals surface area contributed by atoms with Crippen LogP contribution in [-0.2, 0) is 0 Å². The van der Waals surface area contributed by atoms with Crippen molar-refractivity contribution in [1.82, 2.24) is 4.90 Å². The van der Waals surface area contributed by atoms with Crippen LogP contribution in [0.5, 0.6) is 5.75 Å². The van der Waals surface area contributed by atoms with Gasteiger partial charge in [0.05, 0.1) is 0 Å². The maximum absolute atomic E-state index is 12.7. The van der Waals surface area contributed by atoms with Gasteiger partial charge < -0.3 is 9.64 Å². The van der Waals surface area contributed by atoms with Crippen LogP contribution in [0.4, 0.5) is 9.18 Å². The number of nitrogens with zero attached hydrogens (tertiary/aromatic N) is 1. The summed E-state index contributed by atoms with van der Waals surface area (Å²) in [5, 5.41) is 0. The minimum atomic E-state index is -0.337. The van der Waals surface area contributed by atoms with Crippen molar-refractivity contribution in [3.05, 3.63) is 30.1 Å².